The molecule has 1 heterocycles. The van der Waals surface area contributed by atoms with Crippen LogP contribution in [0.5, 0.6) is 0 Å². The maximum atomic E-state index is 12.0. The molecule has 0 saturated carbocycles. The molecule has 29 heavy (non-hydrogen) atoms. The first kappa shape index (κ1) is 20.9. The Balaban J connectivity index is 1.97. The summed E-state index contributed by atoms with van der Waals surface area (Å²) in [5.74, 6) is 1.13. The van der Waals surface area contributed by atoms with E-state index in [0.717, 1.165) is 30.2 Å². The minimum Gasteiger partial charge on any atom is -0.372 e. The second kappa shape index (κ2) is 9.60. The Labute approximate surface area is 176 Å². The molecule has 7 heteroatoms. The minimum absolute atomic E-state index is 0.0442. The number of nitrogens with zero attached hydrogens (tertiary/aromatic N) is 5. The van der Waals surface area contributed by atoms with Gasteiger partial charge >= 0.3 is 0 Å². The Kier molecular flexibility index (Phi) is 6.93. The van der Waals surface area contributed by atoms with Gasteiger partial charge in [-0.2, -0.15) is 0 Å². The Morgan fingerprint density at radius 1 is 0.966 bits per heavy atom. The van der Waals surface area contributed by atoms with E-state index in [0.29, 0.717) is 10.9 Å². The standard InChI is InChI=1S/C22H27N5OS/c1-5-26(6-2)18-14-12-17(13-15-18)21-23-24-22(29-16-20(28)25(3)4)27(21)19-10-8-7-9-11-19/h7-15H,5-6,16H2,1-4H3. The number of carbonyl (C=O) groups is 1. The molecule has 0 unspecified atom stereocenters. The minimum atomic E-state index is 0.0442. The summed E-state index contributed by atoms with van der Waals surface area (Å²) in [5.41, 5.74) is 3.15. The number of anilines is 1. The van der Waals surface area contributed by atoms with E-state index in [1.54, 1.807) is 19.0 Å². The Morgan fingerprint density at radius 2 is 1.62 bits per heavy atom. The molecule has 1 aromatic heterocycles. The molecule has 152 valence electrons. The highest BCUT2D eigenvalue weighted by Crippen LogP contribution is 2.29. The third-order valence-electron chi connectivity index (χ3n) is 4.73. The number of amides is 1. The lowest BCUT2D eigenvalue weighted by atomic mass is 10.1. The number of para-hydroxylation sites is 1. The molecule has 3 rings (SSSR count). The van der Waals surface area contributed by atoms with Crippen LogP contribution in [0.15, 0.2) is 59.8 Å². The molecule has 6 nitrogen and oxygen atoms in total. The van der Waals surface area contributed by atoms with Crippen molar-refractivity contribution in [3.8, 4) is 17.1 Å². The highest BCUT2D eigenvalue weighted by molar-refractivity contribution is 7.99. The van der Waals surface area contributed by atoms with Crippen molar-refractivity contribution in [1.82, 2.24) is 19.7 Å². The summed E-state index contributed by atoms with van der Waals surface area (Å²) in [5, 5.41) is 9.54. The molecule has 0 radical (unpaired) electrons. The zero-order chi connectivity index (χ0) is 20.8. The molecule has 0 N–H and O–H groups in total. The summed E-state index contributed by atoms with van der Waals surface area (Å²) in [6.07, 6.45) is 0. The van der Waals surface area contributed by atoms with Crippen molar-refractivity contribution in [2.45, 2.75) is 19.0 Å². The molecular formula is C22H27N5OS. The van der Waals surface area contributed by atoms with Crippen LogP contribution in [0.25, 0.3) is 17.1 Å². The molecule has 0 saturated heterocycles. The van der Waals surface area contributed by atoms with Gasteiger partial charge in [-0.3, -0.25) is 9.36 Å². The van der Waals surface area contributed by atoms with E-state index in [1.165, 1.54) is 17.4 Å². The topological polar surface area (TPSA) is 54.3 Å². The van der Waals surface area contributed by atoms with E-state index >= 15 is 0 Å². The average Bonchev–Trinajstić information content (AvgIpc) is 3.18. The Hall–Kier alpha value is -2.80. The number of rotatable bonds is 8. The number of benzene rings is 2. The maximum absolute atomic E-state index is 12.0. The van der Waals surface area contributed by atoms with Crippen LogP contribution in [0.2, 0.25) is 0 Å². The first-order chi connectivity index (χ1) is 14.0. The fourth-order valence-corrected chi connectivity index (χ4v) is 3.96. The van der Waals surface area contributed by atoms with Crippen LogP contribution in [-0.2, 0) is 4.79 Å². The molecule has 2 aromatic carbocycles. The van der Waals surface area contributed by atoms with Crippen molar-refractivity contribution >= 4 is 23.4 Å². The second-order valence-electron chi connectivity index (χ2n) is 6.77. The van der Waals surface area contributed by atoms with Gasteiger partial charge in [-0.05, 0) is 50.2 Å². The summed E-state index contributed by atoms with van der Waals surface area (Å²) in [7, 11) is 3.52. The lowest BCUT2D eigenvalue weighted by molar-refractivity contribution is -0.125. The lowest BCUT2D eigenvalue weighted by Crippen LogP contribution is -2.23. The molecule has 0 aliphatic rings. The van der Waals surface area contributed by atoms with Gasteiger partial charge in [-0.1, -0.05) is 30.0 Å². The van der Waals surface area contributed by atoms with Crippen molar-refractivity contribution in [2.75, 3.05) is 37.8 Å². The highest BCUT2D eigenvalue weighted by atomic mass is 32.2. The van der Waals surface area contributed by atoms with E-state index < -0.39 is 0 Å². The van der Waals surface area contributed by atoms with Gasteiger partial charge in [-0.15, -0.1) is 10.2 Å². The van der Waals surface area contributed by atoms with Crippen LogP contribution in [0, 0.1) is 0 Å². The normalized spacial score (nSPS) is 10.8. The summed E-state index contributed by atoms with van der Waals surface area (Å²) in [6.45, 7) is 6.25. The van der Waals surface area contributed by atoms with Crippen molar-refractivity contribution in [3.63, 3.8) is 0 Å². The van der Waals surface area contributed by atoms with E-state index in [9.17, 15) is 4.79 Å². The van der Waals surface area contributed by atoms with Crippen molar-refractivity contribution in [1.29, 1.82) is 0 Å². The summed E-state index contributed by atoms with van der Waals surface area (Å²) >= 11 is 1.40. The van der Waals surface area contributed by atoms with Crippen LogP contribution in [0.1, 0.15) is 13.8 Å². The van der Waals surface area contributed by atoms with Crippen molar-refractivity contribution in [3.05, 3.63) is 54.6 Å². The fraction of sp³-hybridized carbons (Fsp3) is 0.318. The van der Waals surface area contributed by atoms with Crippen LogP contribution in [0.3, 0.4) is 0 Å². The molecule has 0 aliphatic carbocycles. The van der Waals surface area contributed by atoms with Crippen molar-refractivity contribution < 1.29 is 4.79 Å². The van der Waals surface area contributed by atoms with Gasteiger partial charge in [0.05, 0.1) is 5.75 Å². The van der Waals surface area contributed by atoms with Gasteiger partial charge in [-0.25, -0.2) is 0 Å². The van der Waals surface area contributed by atoms with Gasteiger partial charge in [0.25, 0.3) is 0 Å². The van der Waals surface area contributed by atoms with E-state index in [-0.39, 0.29) is 5.91 Å². The second-order valence-corrected chi connectivity index (χ2v) is 7.72. The van der Waals surface area contributed by atoms with E-state index in [1.807, 2.05) is 34.9 Å². The lowest BCUT2D eigenvalue weighted by Gasteiger charge is -2.21. The third-order valence-corrected chi connectivity index (χ3v) is 5.64. The summed E-state index contributed by atoms with van der Waals surface area (Å²) in [4.78, 5) is 15.9. The molecule has 0 atom stereocenters. The number of aromatic nitrogens is 3. The number of hydrogen-bond donors (Lipinski definition) is 0. The summed E-state index contributed by atoms with van der Waals surface area (Å²) < 4.78 is 2.01. The van der Waals surface area contributed by atoms with Gasteiger partial charge in [0.15, 0.2) is 11.0 Å². The van der Waals surface area contributed by atoms with Gasteiger partial charge < -0.3 is 9.80 Å². The van der Waals surface area contributed by atoms with Gasteiger partial charge in [0.1, 0.15) is 0 Å². The zero-order valence-corrected chi connectivity index (χ0v) is 18.2. The number of hydrogen-bond acceptors (Lipinski definition) is 5. The predicted octanol–water partition coefficient (Wildman–Crippen LogP) is 3.96. The quantitative estimate of drug-likeness (QED) is 0.527. The van der Waals surface area contributed by atoms with Crippen LogP contribution >= 0.6 is 11.8 Å². The van der Waals surface area contributed by atoms with Crippen LogP contribution in [-0.4, -0.2) is 58.5 Å². The maximum Gasteiger partial charge on any atom is 0.232 e. The summed E-state index contributed by atoms with van der Waals surface area (Å²) in [6, 6.07) is 18.4. The Morgan fingerprint density at radius 3 is 2.21 bits per heavy atom. The highest BCUT2D eigenvalue weighted by Gasteiger charge is 2.18. The molecule has 3 aromatic rings. The average molecular weight is 410 g/mol. The smallest absolute Gasteiger partial charge is 0.232 e. The molecular weight excluding hydrogens is 382 g/mol. The monoisotopic (exact) mass is 409 g/mol. The fourth-order valence-electron chi connectivity index (χ4n) is 3.03. The first-order valence-electron chi connectivity index (χ1n) is 9.74. The van der Waals surface area contributed by atoms with Crippen molar-refractivity contribution in [2.24, 2.45) is 0 Å². The number of thioether (sulfide) groups is 1. The molecule has 0 fully saturated rings. The predicted molar refractivity (Wildman–Crippen MR) is 120 cm³/mol. The SMILES string of the molecule is CCN(CC)c1ccc(-c2nnc(SCC(=O)N(C)C)n2-c2ccccc2)cc1. The van der Waals surface area contributed by atoms with Gasteiger partial charge in [0, 0.05) is 44.1 Å². The third kappa shape index (κ3) is 4.79. The first-order valence-corrected chi connectivity index (χ1v) is 10.7. The van der Waals surface area contributed by atoms with E-state index in [4.69, 9.17) is 0 Å². The Bertz CT molecular complexity index is 934. The molecule has 0 aliphatic heterocycles. The van der Waals surface area contributed by atoms with Crippen LogP contribution in [0.4, 0.5) is 5.69 Å². The zero-order valence-electron chi connectivity index (χ0n) is 17.4. The molecule has 0 bridgehead atoms. The number of carbonyl (C=O) groups excluding carboxylic acids is 1. The van der Waals surface area contributed by atoms with Crippen LogP contribution < -0.4 is 4.90 Å². The molecule has 0 spiro atoms. The van der Waals surface area contributed by atoms with E-state index in [2.05, 4.69) is 53.2 Å². The van der Waals surface area contributed by atoms with Gasteiger partial charge in [0.2, 0.25) is 5.91 Å². The molecule has 1 amide bonds. The largest absolute Gasteiger partial charge is 0.372 e.